The molecule has 0 aromatic carbocycles. The van der Waals surface area contributed by atoms with Gasteiger partial charge in [0.2, 0.25) is 5.91 Å². The zero-order chi connectivity index (χ0) is 17.4. The molecule has 0 unspecified atom stereocenters. The summed E-state index contributed by atoms with van der Waals surface area (Å²) in [6.07, 6.45) is 8.61. The van der Waals surface area contributed by atoms with E-state index in [0.717, 1.165) is 38.2 Å². The third-order valence-electron chi connectivity index (χ3n) is 5.51. The molecule has 1 saturated carbocycles. The fourth-order valence-corrected chi connectivity index (χ4v) is 3.80. The van der Waals surface area contributed by atoms with Crippen LogP contribution < -0.4 is 0 Å². The van der Waals surface area contributed by atoms with Crippen molar-refractivity contribution in [2.24, 2.45) is 5.92 Å². The maximum atomic E-state index is 12.5. The molecule has 2 aromatic rings. The van der Waals surface area contributed by atoms with Crippen LogP contribution >= 0.6 is 0 Å². The van der Waals surface area contributed by atoms with Crippen molar-refractivity contribution in [1.82, 2.24) is 24.2 Å². The fourth-order valence-electron chi connectivity index (χ4n) is 3.80. The highest BCUT2D eigenvalue weighted by Gasteiger charge is 2.30. The van der Waals surface area contributed by atoms with Crippen LogP contribution in [0.2, 0.25) is 0 Å². The van der Waals surface area contributed by atoms with E-state index in [-0.39, 0.29) is 5.91 Å². The number of likely N-dealkylation sites (tertiary alicyclic amines) is 1. The van der Waals surface area contributed by atoms with E-state index in [1.54, 1.807) is 4.68 Å². The minimum atomic E-state index is 0.180. The van der Waals surface area contributed by atoms with E-state index >= 15 is 0 Å². The predicted octanol–water partition coefficient (Wildman–Crippen LogP) is 2.51. The average Bonchev–Trinajstić information content (AvgIpc) is 3.27. The SMILES string of the molecule is Cc1ccn(CC(=O)N2CCC(Cn3c(C)cnc3C3CC3)CC2)n1. The molecule has 134 valence electrons. The highest BCUT2D eigenvalue weighted by atomic mass is 16.2. The lowest BCUT2D eigenvalue weighted by molar-refractivity contribution is -0.133. The lowest BCUT2D eigenvalue weighted by atomic mass is 9.96. The highest BCUT2D eigenvalue weighted by Crippen LogP contribution is 2.40. The summed E-state index contributed by atoms with van der Waals surface area (Å²) in [7, 11) is 0. The van der Waals surface area contributed by atoms with Crippen molar-refractivity contribution in [2.45, 2.75) is 58.5 Å². The quantitative estimate of drug-likeness (QED) is 0.840. The van der Waals surface area contributed by atoms with E-state index < -0.39 is 0 Å². The first-order valence-corrected chi connectivity index (χ1v) is 9.40. The molecule has 0 spiro atoms. The molecule has 0 radical (unpaired) electrons. The normalized spacial score (nSPS) is 18.7. The Hall–Kier alpha value is -2.11. The van der Waals surface area contributed by atoms with Crippen LogP contribution in [-0.2, 0) is 17.9 Å². The fraction of sp³-hybridized carbons (Fsp3) is 0.632. The number of hydrogen-bond donors (Lipinski definition) is 0. The number of carbonyl (C=O) groups excluding carboxylic acids is 1. The lowest BCUT2D eigenvalue weighted by Gasteiger charge is -2.32. The Morgan fingerprint density at radius 1 is 1.20 bits per heavy atom. The van der Waals surface area contributed by atoms with Crippen molar-refractivity contribution in [3.05, 3.63) is 35.7 Å². The number of nitrogens with zero attached hydrogens (tertiary/aromatic N) is 5. The summed E-state index contributed by atoms with van der Waals surface area (Å²) in [5.74, 6) is 2.79. The Kier molecular flexibility index (Phi) is 4.36. The maximum absolute atomic E-state index is 12.5. The van der Waals surface area contributed by atoms with E-state index in [1.807, 2.05) is 30.3 Å². The van der Waals surface area contributed by atoms with Gasteiger partial charge in [-0.3, -0.25) is 9.48 Å². The second kappa shape index (κ2) is 6.65. The Morgan fingerprint density at radius 3 is 2.60 bits per heavy atom. The van der Waals surface area contributed by atoms with Crippen LogP contribution in [0.15, 0.2) is 18.5 Å². The summed E-state index contributed by atoms with van der Waals surface area (Å²) in [5, 5.41) is 4.31. The Balaban J connectivity index is 1.31. The van der Waals surface area contributed by atoms with Gasteiger partial charge in [0.25, 0.3) is 0 Å². The van der Waals surface area contributed by atoms with Crippen LogP contribution in [0.4, 0.5) is 0 Å². The summed E-state index contributed by atoms with van der Waals surface area (Å²) >= 11 is 0. The molecule has 1 aliphatic heterocycles. The molecule has 25 heavy (non-hydrogen) atoms. The molecule has 6 nitrogen and oxygen atoms in total. The zero-order valence-corrected chi connectivity index (χ0v) is 15.2. The van der Waals surface area contributed by atoms with E-state index in [1.165, 1.54) is 24.4 Å². The molecule has 0 atom stereocenters. The predicted molar refractivity (Wildman–Crippen MR) is 95.2 cm³/mol. The van der Waals surface area contributed by atoms with Gasteiger partial charge in [-0.15, -0.1) is 0 Å². The van der Waals surface area contributed by atoms with E-state index in [0.29, 0.717) is 18.4 Å². The van der Waals surface area contributed by atoms with E-state index in [4.69, 9.17) is 0 Å². The standard InChI is InChI=1S/C19H27N5O/c1-14-5-10-23(21-14)13-18(25)22-8-6-16(7-9-22)12-24-15(2)11-20-19(24)17-3-4-17/h5,10-11,16-17H,3-4,6-9,12-13H2,1-2H3. The number of carbonyl (C=O) groups is 1. The summed E-state index contributed by atoms with van der Waals surface area (Å²) in [6.45, 7) is 7.22. The molecular weight excluding hydrogens is 314 g/mol. The number of rotatable bonds is 5. The third-order valence-corrected chi connectivity index (χ3v) is 5.51. The van der Waals surface area contributed by atoms with Crippen molar-refractivity contribution < 1.29 is 4.79 Å². The van der Waals surface area contributed by atoms with E-state index in [9.17, 15) is 4.79 Å². The monoisotopic (exact) mass is 341 g/mol. The number of aromatic nitrogens is 4. The molecule has 3 heterocycles. The molecule has 0 bridgehead atoms. The van der Waals surface area contributed by atoms with Gasteiger partial charge in [0.05, 0.1) is 5.69 Å². The molecule has 1 amide bonds. The summed E-state index contributed by atoms with van der Waals surface area (Å²) < 4.78 is 4.16. The second-order valence-corrected chi connectivity index (χ2v) is 7.62. The van der Waals surface area contributed by atoms with Crippen molar-refractivity contribution in [2.75, 3.05) is 13.1 Å². The molecule has 1 saturated heterocycles. The van der Waals surface area contributed by atoms with Crippen LogP contribution in [0.1, 0.15) is 48.8 Å². The molecule has 2 aromatic heterocycles. The van der Waals surface area contributed by atoms with E-state index in [2.05, 4.69) is 21.6 Å². The first-order valence-electron chi connectivity index (χ1n) is 9.40. The van der Waals surface area contributed by atoms with Crippen LogP contribution in [0.5, 0.6) is 0 Å². The van der Waals surface area contributed by atoms with Gasteiger partial charge in [-0.25, -0.2) is 4.98 Å². The number of aryl methyl sites for hydroxylation is 2. The average molecular weight is 341 g/mol. The molecule has 6 heteroatoms. The first-order chi connectivity index (χ1) is 12.1. The van der Waals surface area contributed by atoms with Gasteiger partial charge in [-0.2, -0.15) is 5.10 Å². The lowest BCUT2D eigenvalue weighted by Crippen LogP contribution is -2.41. The Morgan fingerprint density at radius 2 is 1.96 bits per heavy atom. The first kappa shape index (κ1) is 16.4. The number of piperidine rings is 1. The van der Waals surface area contributed by atoms with Gasteiger partial charge in [-0.05, 0) is 51.5 Å². The second-order valence-electron chi connectivity index (χ2n) is 7.62. The minimum Gasteiger partial charge on any atom is -0.341 e. The third kappa shape index (κ3) is 3.62. The van der Waals surface area contributed by atoms with Crippen molar-refractivity contribution in [3.63, 3.8) is 0 Å². The molecule has 1 aliphatic carbocycles. The van der Waals surface area contributed by atoms with Gasteiger partial charge in [0.15, 0.2) is 0 Å². The molecule has 2 fully saturated rings. The van der Waals surface area contributed by atoms with Crippen molar-refractivity contribution in [3.8, 4) is 0 Å². The smallest absolute Gasteiger partial charge is 0.244 e. The summed E-state index contributed by atoms with van der Waals surface area (Å²) in [5.41, 5.74) is 2.23. The van der Waals surface area contributed by atoms with Crippen molar-refractivity contribution in [1.29, 1.82) is 0 Å². The largest absolute Gasteiger partial charge is 0.341 e. The van der Waals surface area contributed by atoms with Crippen LogP contribution in [-0.4, -0.2) is 43.2 Å². The zero-order valence-electron chi connectivity index (χ0n) is 15.2. The Labute approximate surface area is 148 Å². The maximum Gasteiger partial charge on any atom is 0.244 e. The molecular formula is C19H27N5O. The topological polar surface area (TPSA) is 56.0 Å². The number of imidazole rings is 1. The van der Waals surface area contributed by atoms with Gasteiger partial charge < -0.3 is 9.47 Å². The van der Waals surface area contributed by atoms with Crippen molar-refractivity contribution >= 4 is 5.91 Å². The summed E-state index contributed by atoms with van der Waals surface area (Å²) in [6, 6.07) is 1.93. The van der Waals surface area contributed by atoms with Gasteiger partial charge >= 0.3 is 0 Å². The Bertz CT molecular complexity index is 750. The highest BCUT2D eigenvalue weighted by molar-refractivity contribution is 5.76. The molecule has 2 aliphatic rings. The number of amides is 1. The van der Waals surface area contributed by atoms with Crippen LogP contribution in [0.3, 0.4) is 0 Å². The van der Waals surface area contributed by atoms with Gasteiger partial charge in [-0.1, -0.05) is 0 Å². The van der Waals surface area contributed by atoms with Gasteiger partial charge in [0, 0.05) is 43.6 Å². The molecule has 4 rings (SSSR count). The van der Waals surface area contributed by atoms with Crippen LogP contribution in [0, 0.1) is 19.8 Å². The molecule has 0 N–H and O–H groups in total. The number of hydrogen-bond acceptors (Lipinski definition) is 3. The minimum absolute atomic E-state index is 0.180. The van der Waals surface area contributed by atoms with Crippen LogP contribution in [0.25, 0.3) is 0 Å². The summed E-state index contributed by atoms with van der Waals surface area (Å²) in [4.78, 5) is 19.1. The van der Waals surface area contributed by atoms with Gasteiger partial charge in [0.1, 0.15) is 12.4 Å².